The van der Waals surface area contributed by atoms with Crippen LogP contribution in [0.3, 0.4) is 0 Å². The Labute approximate surface area is 136 Å². The summed E-state index contributed by atoms with van der Waals surface area (Å²) < 4.78 is 7.15. The lowest BCUT2D eigenvalue weighted by atomic mass is 10.1. The lowest BCUT2D eigenvalue weighted by Gasteiger charge is -2.11. The van der Waals surface area contributed by atoms with E-state index in [4.69, 9.17) is 4.74 Å². The minimum absolute atomic E-state index is 0.0482. The van der Waals surface area contributed by atoms with Crippen molar-refractivity contribution < 1.29 is 9.53 Å². The number of carbonyl (C=O) groups excluding carboxylic acids is 1. The van der Waals surface area contributed by atoms with Crippen molar-refractivity contribution in [1.29, 1.82) is 0 Å². The molecule has 1 amide bonds. The lowest BCUT2D eigenvalue weighted by molar-refractivity contribution is -0.121. The average molecular weight is 319 g/mol. The zero-order valence-corrected chi connectivity index (χ0v) is 14.3. The molecule has 2 aromatic rings. The van der Waals surface area contributed by atoms with Crippen molar-refractivity contribution in [1.82, 2.24) is 24.9 Å². The number of nitrogens with one attached hydrogen (secondary N) is 1. The SMILES string of the molecule is Cc1nc2ncnn2c(C)c1CCC(=O)NCCCOC(C)C. The first-order valence-electron chi connectivity index (χ1n) is 8.03. The highest BCUT2D eigenvalue weighted by Crippen LogP contribution is 2.14. The smallest absolute Gasteiger partial charge is 0.252 e. The van der Waals surface area contributed by atoms with Crippen LogP contribution in [0.25, 0.3) is 5.78 Å². The summed E-state index contributed by atoms with van der Waals surface area (Å²) in [5, 5.41) is 7.08. The number of nitrogens with zero attached hydrogens (tertiary/aromatic N) is 4. The van der Waals surface area contributed by atoms with Gasteiger partial charge in [-0.25, -0.2) is 9.50 Å². The van der Waals surface area contributed by atoms with Crippen LogP contribution < -0.4 is 5.32 Å². The van der Waals surface area contributed by atoms with Crippen molar-refractivity contribution in [2.45, 2.75) is 53.1 Å². The molecule has 7 heteroatoms. The van der Waals surface area contributed by atoms with Crippen molar-refractivity contribution in [2.75, 3.05) is 13.2 Å². The molecule has 2 aromatic heterocycles. The largest absolute Gasteiger partial charge is 0.379 e. The molecule has 0 unspecified atom stereocenters. The molecule has 0 aliphatic rings. The van der Waals surface area contributed by atoms with Gasteiger partial charge in [-0.15, -0.1) is 0 Å². The molecule has 23 heavy (non-hydrogen) atoms. The maximum atomic E-state index is 11.9. The van der Waals surface area contributed by atoms with Crippen LogP contribution in [-0.4, -0.2) is 44.7 Å². The van der Waals surface area contributed by atoms with Crippen LogP contribution in [0.1, 0.15) is 43.6 Å². The fourth-order valence-corrected chi connectivity index (χ4v) is 2.46. The molecule has 0 bridgehead atoms. The van der Waals surface area contributed by atoms with Gasteiger partial charge in [-0.05, 0) is 46.1 Å². The third kappa shape index (κ3) is 4.72. The van der Waals surface area contributed by atoms with Crippen LogP contribution in [0, 0.1) is 13.8 Å². The Morgan fingerprint density at radius 1 is 1.39 bits per heavy atom. The number of aryl methyl sites for hydroxylation is 2. The van der Waals surface area contributed by atoms with Gasteiger partial charge in [0.2, 0.25) is 5.91 Å². The third-order valence-electron chi connectivity index (χ3n) is 3.69. The van der Waals surface area contributed by atoms with Gasteiger partial charge in [0.15, 0.2) is 0 Å². The number of rotatable bonds is 8. The average Bonchev–Trinajstić information content (AvgIpc) is 2.94. The first-order chi connectivity index (χ1) is 11.0. The van der Waals surface area contributed by atoms with Gasteiger partial charge in [-0.1, -0.05) is 0 Å². The molecule has 0 spiro atoms. The Hall–Kier alpha value is -2.02. The maximum absolute atomic E-state index is 11.9. The van der Waals surface area contributed by atoms with Gasteiger partial charge in [0.05, 0.1) is 6.10 Å². The summed E-state index contributed by atoms with van der Waals surface area (Å²) in [4.78, 5) is 20.5. The molecule has 2 rings (SSSR count). The molecule has 0 saturated carbocycles. The van der Waals surface area contributed by atoms with Crippen molar-refractivity contribution in [3.05, 3.63) is 23.3 Å². The molecule has 2 heterocycles. The Bertz CT molecular complexity index is 666. The first-order valence-corrected chi connectivity index (χ1v) is 8.03. The number of fused-ring (bicyclic) bond motifs is 1. The minimum Gasteiger partial charge on any atom is -0.379 e. The Balaban J connectivity index is 1.82. The van der Waals surface area contributed by atoms with Crippen LogP contribution in [0.15, 0.2) is 6.33 Å². The molecule has 0 atom stereocenters. The number of aromatic nitrogens is 4. The van der Waals surface area contributed by atoms with E-state index >= 15 is 0 Å². The van der Waals surface area contributed by atoms with Gasteiger partial charge >= 0.3 is 0 Å². The minimum atomic E-state index is 0.0482. The van der Waals surface area contributed by atoms with Crippen LogP contribution in [0.4, 0.5) is 0 Å². The number of hydrogen-bond donors (Lipinski definition) is 1. The summed E-state index contributed by atoms with van der Waals surface area (Å²) in [5.74, 6) is 0.644. The molecule has 1 N–H and O–H groups in total. The second-order valence-electron chi connectivity index (χ2n) is 5.86. The summed E-state index contributed by atoms with van der Waals surface area (Å²) in [6, 6.07) is 0. The van der Waals surface area contributed by atoms with E-state index in [1.807, 2.05) is 27.7 Å². The quantitative estimate of drug-likeness (QED) is 0.748. The maximum Gasteiger partial charge on any atom is 0.252 e. The highest BCUT2D eigenvalue weighted by Gasteiger charge is 2.12. The number of hydrogen-bond acceptors (Lipinski definition) is 5. The zero-order chi connectivity index (χ0) is 16.8. The van der Waals surface area contributed by atoms with E-state index in [1.165, 1.54) is 6.33 Å². The molecular formula is C16H25N5O2. The van der Waals surface area contributed by atoms with Crippen molar-refractivity contribution >= 4 is 11.7 Å². The van der Waals surface area contributed by atoms with Crippen molar-refractivity contribution in [3.8, 4) is 0 Å². The number of amides is 1. The molecule has 7 nitrogen and oxygen atoms in total. The van der Waals surface area contributed by atoms with E-state index in [0.717, 1.165) is 23.4 Å². The van der Waals surface area contributed by atoms with E-state index in [0.29, 0.717) is 31.8 Å². The number of ether oxygens (including phenoxy) is 1. The monoisotopic (exact) mass is 319 g/mol. The predicted octanol–water partition coefficient (Wildman–Crippen LogP) is 1.61. The predicted molar refractivity (Wildman–Crippen MR) is 87.3 cm³/mol. The van der Waals surface area contributed by atoms with E-state index in [1.54, 1.807) is 4.52 Å². The summed E-state index contributed by atoms with van der Waals surface area (Å²) in [6.45, 7) is 9.24. The fraction of sp³-hybridized carbons (Fsp3) is 0.625. The molecule has 0 aromatic carbocycles. The summed E-state index contributed by atoms with van der Waals surface area (Å²) >= 11 is 0. The third-order valence-corrected chi connectivity index (χ3v) is 3.69. The van der Waals surface area contributed by atoms with Gasteiger partial charge in [0.25, 0.3) is 5.78 Å². The van der Waals surface area contributed by atoms with Crippen molar-refractivity contribution in [2.24, 2.45) is 0 Å². The zero-order valence-electron chi connectivity index (χ0n) is 14.3. The number of carbonyl (C=O) groups is 1. The molecule has 0 saturated heterocycles. The molecule has 0 aliphatic heterocycles. The van der Waals surface area contributed by atoms with Crippen LogP contribution in [0.5, 0.6) is 0 Å². The molecule has 0 aliphatic carbocycles. The van der Waals surface area contributed by atoms with E-state index in [-0.39, 0.29) is 12.0 Å². The van der Waals surface area contributed by atoms with Crippen LogP contribution in [0.2, 0.25) is 0 Å². The normalized spacial score (nSPS) is 11.3. The Morgan fingerprint density at radius 2 is 2.17 bits per heavy atom. The van der Waals surface area contributed by atoms with Crippen LogP contribution >= 0.6 is 0 Å². The molecule has 0 fully saturated rings. The van der Waals surface area contributed by atoms with E-state index in [2.05, 4.69) is 20.4 Å². The van der Waals surface area contributed by atoms with E-state index < -0.39 is 0 Å². The lowest BCUT2D eigenvalue weighted by Crippen LogP contribution is -2.26. The topological polar surface area (TPSA) is 81.4 Å². The molecule has 0 radical (unpaired) electrons. The van der Waals surface area contributed by atoms with Gasteiger partial charge in [0.1, 0.15) is 6.33 Å². The second-order valence-corrected chi connectivity index (χ2v) is 5.86. The van der Waals surface area contributed by atoms with Gasteiger partial charge in [-0.2, -0.15) is 10.1 Å². The fourth-order valence-electron chi connectivity index (χ4n) is 2.46. The Morgan fingerprint density at radius 3 is 2.91 bits per heavy atom. The molecule has 126 valence electrons. The van der Waals surface area contributed by atoms with Gasteiger partial charge in [-0.3, -0.25) is 4.79 Å². The summed E-state index contributed by atoms with van der Waals surface area (Å²) in [6.07, 6.45) is 3.64. The Kier molecular flexibility index (Phi) is 6.04. The van der Waals surface area contributed by atoms with Gasteiger partial charge < -0.3 is 10.1 Å². The first kappa shape index (κ1) is 17.3. The van der Waals surface area contributed by atoms with Crippen LogP contribution in [-0.2, 0) is 16.0 Å². The highest BCUT2D eigenvalue weighted by molar-refractivity contribution is 5.76. The summed E-state index contributed by atoms with van der Waals surface area (Å²) in [5.41, 5.74) is 2.95. The van der Waals surface area contributed by atoms with Crippen molar-refractivity contribution in [3.63, 3.8) is 0 Å². The standard InChI is InChI=1S/C16H25N5O2/c1-11(2)23-9-5-8-17-15(22)7-6-14-12(3)20-16-18-10-19-21(16)13(14)4/h10-11H,5-9H2,1-4H3,(H,17,22). The molecular weight excluding hydrogens is 294 g/mol. The van der Waals surface area contributed by atoms with Gasteiger partial charge in [0, 0.05) is 31.0 Å². The highest BCUT2D eigenvalue weighted by atomic mass is 16.5. The van der Waals surface area contributed by atoms with E-state index in [9.17, 15) is 4.79 Å². The summed E-state index contributed by atoms with van der Waals surface area (Å²) in [7, 11) is 0. The second kappa shape index (κ2) is 8.01.